The van der Waals surface area contributed by atoms with Crippen LogP contribution in [0.15, 0.2) is 48.9 Å². The van der Waals surface area contributed by atoms with Gasteiger partial charge in [0.25, 0.3) is 0 Å². The second kappa shape index (κ2) is 6.62. The van der Waals surface area contributed by atoms with Crippen LogP contribution < -0.4 is 4.90 Å². The molecular formula is C24H20N6O3. The number of cyclic esters (lactones) is 1. The molecule has 3 aromatic rings. The molecule has 1 aromatic carbocycles. The van der Waals surface area contributed by atoms with Crippen molar-refractivity contribution in [2.24, 2.45) is 11.8 Å². The lowest BCUT2D eigenvalue weighted by molar-refractivity contribution is 0.117. The van der Waals surface area contributed by atoms with E-state index in [0.29, 0.717) is 19.8 Å². The third kappa shape index (κ3) is 2.55. The largest absolute Gasteiger partial charge is 0.442 e. The van der Waals surface area contributed by atoms with E-state index in [-0.39, 0.29) is 30.1 Å². The lowest BCUT2D eigenvalue weighted by Crippen LogP contribution is -2.35. The molecule has 2 aromatic heterocycles. The molecule has 7 rings (SSSR count). The maximum absolute atomic E-state index is 12.6. The molecule has 164 valence electrons. The van der Waals surface area contributed by atoms with Crippen LogP contribution in [0.5, 0.6) is 0 Å². The molecule has 0 bridgehead atoms. The van der Waals surface area contributed by atoms with Crippen molar-refractivity contribution in [1.29, 1.82) is 5.26 Å². The molecule has 1 aliphatic carbocycles. The summed E-state index contributed by atoms with van der Waals surface area (Å²) < 4.78 is 12.8. The summed E-state index contributed by atoms with van der Waals surface area (Å²) in [6, 6.07) is 12.6. The Kier molecular flexibility index (Phi) is 3.77. The van der Waals surface area contributed by atoms with Gasteiger partial charge >= 0.3 is 6.09 Å². The Hall–Kier alpha value is -3.77. The first-order valence-corrected chi connectivity index (χ1v) is 11.1. The van der Waals surface area contributed by atoms with Crippen LogP contribution in [0.3, 0.4) is 0 Å². The van der Waals surface area contributed by atoms with Crippen LogP contribution in [0.1, 0.15) is 11.3 Å². The Balaban J connectivity index is 1.15. The minimum absolute atomic E-state index is 0.0561. The van der Waals surface area contributed by atoms with Crippen molar-refractivity contribution in [3.8, 4) is 17.2 Å². The van der Waals surface area contributed by atoms with Gasteiger partial charge in [-0.05, 0) is 35.7 Å². The second-order valence-electron chi connectivity index (χ2n) is 9.20. The van der Waals surface area contributed by atoms with Crippen LogP contribution in [0.4, 0.5) is 10.5 Å². The molecule has 3 aliphatic heterocycles. The number of amides is 1. The second-order valence-corrected chi connectivity index (χ2v) is 9.20. The van der Waals surface area contributed by atoms with Gasteiger partial charge in [0.2, 0.25) is 0 Å². The highest BCUT2D eigenvalue weighted by Crippen LogP contribution is 2.62. The van der Waals surface area contributed by atoms with E-state index in [1.54, 1.807) is 22.0 Å². The minimum Gasteiger partial charge on any atom is -0.442 e. The Morgan fingerprint density at radius 1 is 1.18 bits per heavy atom. The van der Waals surface area contributed by atoms with Crippen molar-refractivity contribution in [2.75, 3.05) is 18.1 Å². The molecule has 0 spiro atoms. The predicted octanol–water partition coefficient (Wildman–Crippen LogP) is 2.33. The molecule has 2 saturated heterocycles. The number of ether oxygens (including phenoxy) is 2. The monoisotopic (exact) mass is 440 g/mol. The van der Waals surface area contributed by atoms with Gasteiger partial charge in [0.15, 0.2) is 0 Å². The number of nitrogens with zero attached hydrogens (tertiary/aromatic N) is 6. The third-order valence-corrected chi connectivity index (χ3v) is 7.66. The molecule has 0 N–H and O–H groups in total. The quantitative estimate of drug-likeness (QED) is 0.613. The van der Waals surface area contributed by atoms with E-state index >= 15 is 0 Å². The van der Waals surface area contributed by atoms with Gasteiger partial charge in [-0.15, -0.1) is 5.10 Å². The number of rotatable bonds is 4. The van der Waals surface area contributed by atoms with E-state index in [2.05, 4.69) is 27.4 Å². The summed E-state index contributed by atoms with van der Waals surface area (Å²) in [5.74, 6) is 0.527. The number of anilines is 1. The van der Waals surface area contributed by atoms with Gasteiger partial charge in [0.1, 0.15) is 11.5 Å². The topological polar surface area (TPSA) is 106 Å². The Morgan fingerprint density at radius 2 is 2.03 bits per heavy atom. The zero-order valence-corrected chi connectivity index (χ0v) is 17.7. The van der Waals surface area contributed by atoms with Crippen LogP contribution in [-0.2, 0) is 27.9 Å². The first kappa shape index (κ1) is 18.8. The molecule has 9 heteroatoms. The Morgan fingerprint density at radius 3 is 2.76 bits per heavy atom. The summed E-state index contributed by atoms with van der Waals surface area (Å²) in [6.07, 6.45) is 5.36. The van der Waals surface area contributed by atoms with E-state index in [1.807, 2.05) is 30.5 Å². The van der Waals surface area contributed by atoms with E-state index in [9.17, 15) is 10.1 Å². The number of nitriles is 1. The van der Waals surface area contributed by atoms with E-state index in [4.69, 9.17) is 9.47 Å². The molecule has 5 atom stereocenters. The summed E-state index contributed by atoms with van der Waals surface area (Å²) in [4.78, 5) is 19.0. The highest BCUT2D eigenvalue weighted by atomic mass is 16.6. The van der Waals surface area contributed by atoms with Gasteiger partial charge in [-0.25, -0.2) is 9.48 Å². The molecule has 1 amide bonds. The first-order valence-electron chi connectivity index (χ1n) is 11.1. The Labute approximate surface area is 189 Å². The standard InChI is InChI=1S/C24H20N6O3/c25-13-24(17-11-32-12-18(17)24)22-4-2-15(9-26-22)14-1-3-19-16(7-14)8-20-21(33-23(31)30(19)20)10-29-6-5-27-28-29/h1-7,9,17-18,20-21H,8,10-12H2/t17-,18+,20-,21-,24?/m0/s1. The van der Waals surface area contributed by atoms with Crippen molar-refractivity contribution in [3.63, 3.8) is 0 Å². The summed E-state index contributed by atoms with van der Waals surface area (Å²) in [7, 11) is 0. The van der Waals surface area contributed by atoms with Gasteiger partial charge in [0.05, 0.1) is 49.4 Å². The van der Waals surface area contributed by atoms with Crippen molar-refractivity contribution < 1.29 is 14.3 Å². The Bertz CT molecular complexity index is 1290. The summed E-state index contributed by atoms with van der Waals surface area (Å²) in [6.45, 7) is 1.77. The normalized spacial score (nSPS) is 31.0. The number of carbonyl (C=O) groups is 1. The van der Waals surface area contributed by atoms with Crippen LogP contribution in [-0.4, -0.2) is 51.4 Å². The van der Waals surface area contributed by atoms with Crippen LogP contribution >= 0.6 is 0 Å². The summed E-state index contributed by atoms with van der Waals surface area (Å²) in [5, 5.41) is 17.6. The number of benzene rings is 1. The maximum atomic E-state index is 12.6. The van der Waals surface area contributed by atoms with E-state index in [1.165, 1.54) is 0 Å². The van der Waals surface area contributed by atoms with Crippen molar-refractivity contribution in [3.05, 3.63) is 60.2 Å². The maximum Gasteiger partial charge on any atom is 0.415 e. The average Bonchev–Trinajstić information content (AvgIpc) is 3.44. The van der Waals surface area contributed by atoms with Crippen molar-refractivity contribution >= 4 is 11.8 Å². The number of fused-ring (bicyclic) bond motifs is 4. The van der Waals surface area contributed by atoms with Gasteiger partial charge in [0, 0.05) is 29.8 Å². The predicted molar refractivity (Wildman–Crippen MR) is 115 cm³/mol. The van der Waals surface area contributed by atoms with Gasteiger partial charge in [-0.3, -0.25) is 9.88 Å². The molecular weight excluding hydrogens is 420 g/mol. The van der Waals surface area contributed by atoms with Crippen LogP contribution in [0.25, 0.3) is 11.1 Å². The van der Waals surface area contributed by atoms with Gasteiger partial charge < -0.3 is 9.47 Å². The van der Waals surface area contributed by atoms with E-state index in [0.717, 1.165) is 34.5 Å². The average molecular weight is 440 g/mol. The lowest BCUT2D eigenvalue weighted by Gasteiger charge is -2.16. The first-order chi connectivity index (χ1) is 16.2. The van der Waals surface area contributed by atoms with Gasteiger partial charge in [-0.2, -0.15) is 5.26 Å². The number of pyridine rings is 1. The number of hydrogen-bond donors (Lipinski definition) is 0. The van der Waals surface area contributed by atoms with Crippen LogP contribution in [0, 0.1) is 23.2 Å². The van der Waals surface area contributed by atoms with Crippen molar-refractivity contribution in [1.82, 2.24) is 20.0 Å². The zero-order valence-electron chi connectivity index (χ0n) is 17.7. The SMILES string of the molecule is N#CC1(c2ccc(-c3ccc4c(c3)C[C@H]3[C@H](Cn5ccnn5)OC(=O)N43)cn2)[C@@H]2COC[C@@H]21. The molecule has 4 aliphatic rings. The third-order valence-electron chi connectivity index (χ3n) is 7.66. The number of aromatic nitrogens is 4. The fourth-order valence-corrected chi connectivity index (χ4v) is 5.90. The molecule has 1 unspecified atom stereocenters. The highest BCUT2D eigenvalue weighted by Gasteiger charge is 2.70. The minimum atomic E-state index is -0.487. The fraction of sp³-hybridized carbons (Fsp3) is 0.375. The molecule has 3 fully saturated rings. The molecule has 9 nitrogen and oxygen atoms in total. The molecule has 0 radical (unpaired) electrons. The highest BCUT2D eigenvalue weighted by molar-refractivity contribution is 5.94. The molecule has 1 saturated carbocycles. The van der Waals surface area contributed by atoms with E-state index < -0.39 is 5.41 Å². The molecule has 33 heavy (non-hydrogen) atoms. The smallest absolute Gasteiger partial charge is 0.415 e. The zero-order chi connectivity index (χ0) is 22.2. The number of hydrogen-bond acceptors (Lipinski definition) is 7. The van der Waals surface area contributed by atoms with Gasteiger partial charge in [-0.1, -0.05) is 17.3 Å². The number of carbonyl (C=O) groups excluding carboxylic acids is 1. The fourth-order valence-electron chi connectivity index (χ4n) is 5.90. The summed E-state index contributed by atoms with van der Waals surface area (Å²) >= 11 is 0. The van der Waals surface area contributed by atoms with Crippen molar-refractivity contribution in [2.45, 2.75) is 30.5 Å². The lowest BCUT2D eigenvalue weighted by atomic mass is 9.96. The summed E-state index contributed by atoms with van der Waals surface area (Å²) in [5.41, 5.74) is 4.40. The van der Waals surface area contributed by atoms with Crippen LogP contribution in [0.2, 0.25) is 0 Å². The molecule has 5 heterocycles.